The molecule has 3 aromatic rings. The fourth-order valence-corrected chi connectivity index (χ4v) is 13.1. The highest BCUT2D eigenvalue weighted by atomic mass is 31.2. The van der Waals surface area contributed by atoms with Crippen molar-refractivity contribution in [2.75, 3.05) is 13.3 Å². The molecule has 0 bridgehead atoms. The first-order valence-corrected chi connectivity index (χ1v) is 19.9. The predicted molar refractivity (Wildman–Crippen MR) is 187 cm³/mol. The molecule has 0 saturated heterocycles. The highest BCUT2D eigenvalue weighted by molar-refractivity contribution is 7.64. The summed E-state index contributed by atoms with van der Waals surface area (Å²) in [4.78, 5) is 12.3. The molecular weight excluding hydrogens is 595 g/mol. The fourth-order valence-electron chi connectivity index (χ4n) is 6.95. The van der Waals surface area contributed by atoms with Crippen molar-refractivity contribution >= 4 is 32.0 Å². The first kappa shape index (κ1) is 34.9. The second-order valence-corrected chi connectivity index (χ2v) is 20.2. The van der Waals surface area contributed by atoms with Gasteiger partial charge in [0.2, 0.25) is 0 Å². The molecule has 240 valence electrons. The van der Waals surface area contributed by atoms with Crippen LogP contribution in [-0.4, -0.2) is 38.8 Å². The molecule has 0 aliphatic heterocycles. The quantitative estimate of drug-likeness (QED) is 0.130. The van der Waals surface area contributed by atoms with E-state index < -0.39 is 27.8 Å². The van der Waals surface area contributed by atoms with Crippen LogP contribution in [0, 0.1) is 31.3 Å². The molecule has 45 heavy (non-hydrogen) atoms. The van der Waals surface area contributed by atoms with Crippen LogP contribution in [0.4, 0.5) is 0 Å². The zero-order valence-electron chi connectivity index (χ0n) is 27.8. The molecule has 1 fully saturated rings. The van der Waals surface area contributed by atoms with E-state index in [9.17, 15) is 14.5 Å². The van der Waals surface area contributed by atoms with Crippen LogP contribution in [0.15, 0.2) is 72.8 Å². The first-order chi connectivity index (χ1) is 21.4. The molecule has 5 nitrogen and oxygen atoms in total. The largest absolute Gasteiger partial charge is 0.481 e. The van der Waals surface area contributed by atoms with Gasteiger partial charge >= 0.3 is 5.97 Å². The molecule has 1 aliphatic rings. The summed E-state index contributed by atoms with van der Waals surface area (Å²) in [5.41, 5.74) is 7.39. The predicted octanol–water partition coefficient (Wildman–Crippen LogP) is 8.08. The van der Waals surface area contributed by atoms with E-state index in [0.29, 0.717) is 5.92 Å². The lowest BCUT2D eigenvalue weighted by Crippen LogP contribution is -2.68. The van der Waals surface area contributed by atoms with Gasteiger partial charge in [0.15, 0.2) is 0 Å². The van der Waals surface area contributed by atoms with Crippen molar-refractivity contribution in [1.82, 2.24) is 0 Å². The van der Waals surface area contributed by atoms with Crippen molar-refractivity contribution in [2.45, 2.75) is 90.7 Å². The minimum Gasteiger partial charge on any atom is -0.481 e. The number of carboxylic acids is 1. The van der Waals surface area contributed by atoms with Crippen molar-refractivity contribution in [3.05, 3.63) is 95.1 Å². The Morgan fingerprint density at radius 2 is 1.56 bits per heavy atom. The maximum atomic E-state index is 14.4. The average Bonchev–Trinajstić information content (AvgIpc) is 3.00. The number of hydrogen-bond donors (Lipinski definition) is 1. The number of carboxylic acid groups (broad SMARTS) is 1. The molecule has 1 aliphatic carbocycles. The number of rotatable bonds is 11. The Hall–Kier alpha value is -2.94. The Bertz CT molecular complexity index is 1510. The van der Waals surface area contributed by atoms with Gasteiger partial charge in [0.1, 0.15) is 0 Å². The van der Waals surface area contributed by atoms with Gasteiger partial charge in [0, 0.05) is 12.7 Å². The van der Waals surface area contributed by atoms with E-state index in [-0.39, 0.29) is 17.6 Å². The minimum absolute atomic E-state index is 0.115. The normalized spacial score (nSPS) is 16.3. The lowest BCUT2D eigenvalue weighted by Gasteiger charge is -2.45. The monoisotopic (exact) mass is 644 g/mol. The molecule has 0 amide bonds. The molecule has 0 spiro atoms. The molecule has 1 saturated carbocycles. The molecular formula is C38H49O5PSi. The summed E-state index contributed by atoms with van der Waals surface area (Å²) in [5.74, 6) is 2.89. The molecule has 7 heteroatoms. The Morgan fingerprint density at radius 1 is 0.978 bits per heavy atom. The number of benzene rings is 3. The first-order valence-electron chi connectivity index (χ1n) is 16.2. The zero-order valence-corrected chi connectivity index (χ0v) is 29.7. The van der Waals surface area contributed by atoms with Crippen LogP contribution in [0.1, 0.15) is 81.5 Å². The van der Waals surface area contributed by atoms with Crippen LogP contribution < -0.4 is 10.4 Å². The molecule has 2 atom stereocenters. The van der Waals surface area contributed by atoms with Crippen LogP contribution in [0.2, 0.25) is 5.04 Å². The highest BCUT2D eigenvalue weighted by Gasteiger charge is 2.52. The number of hydrogen-bond acceptors (Lipinski definition) is 4. The smallest absolute Gasteiger partial charge is 0.305 e. The van der Waals surface area contributed by atoms with Crippen molar-refractivity contribution in [3.63, 3.8) is 0 Å². The molecule has 0 radical (unpaired) electrons. The van der Waals surface area contributed by atoms with Crippen LogP contribution in [0.5, 0.6) is 0 Å². The molecule has 1 N–H and O–H groups in total. The van der Waals surface area contributed by atoms with Crippen LogP contribution in [0.3, 0.4) is 0 Å². The van der Waals surface area contributed by atoms with Crippen molar-refractivity contribution in [2.24, 2.45) is 5.92 Å². The van der Waals surface area contributed by atoms with E-state index in [0.717, 1.165) is 27.9 Å². The lowest BCUT2D eigenvalue weighted by molar-refractivity contribution is -0.138. The van der Waals surface area contributed by atoms with Gasteiger partial charge in [-0.1, -0.05) is 137 Å². The molecule has 1 unspecified atom stereocenters. The molecule has 3 aromatic carbocycles. The van der Waals surface area contributed by atoms with E-state index in [1.165, 1.54) is 50.3 Å². The highest BCUT2D eigenvalue weighted by Crippen LogP contribution is 2.48. The van der Waals surface area contributed by atoms with E-state index in [2.05, 4.69) is 82.6 Å². The standard InChI is InChI=1S/C38H49O5PSi/c1-29-24-30(2)36(32(25-29)26-31-16-10-7-11-17-31)22-23-44(41,42-6)28-33(27-37(39)40)43-45(38(3,4)5,34-18-12-8-13-19-34)35-20-14-9-15-21-35/h8-9,12-15,18-21,24-25,31,33H,7,10-11,16-17,26-28H2,1-6H3,(H,39,40)/t33-,44?/m0/s1. The summed E-state index contributed by atoms with van der Waals surface area (Å²) in [7, 11) is -5.33. The van der Waals surface area contributed by atoms with Crippen molar-refractivity contribution in [3.8, 4) is 11.6 Å². The van der Waals surface area contributed by atoms with E-state index >= 15 is 0 Å². The summed E-state index contributed by atoms with van der Waals surface area (Å²) in [5, 5.41) is 11.7. The van der Waals surface area contributed by atoms with E-state index in [1.807, 2.05) is 36.4 Å². The van der Waals surface area contributed by atoms with E-state index in [4.69, 9.17) is 8.95 Å². The maximum absolute atomic E-state index is 14.4. The van der Waals surface area contributed by atoms with Gasteiger partial charge in [-0.15, -0.1) is 0 Å². The lowest BCUT2D eigenvalue weighted by atomic mass is 9.83. The molecule has 0 aromatic heterocycles. The SMILES string of the molecule is COP(=O)(C#Cc1c(C)cc(C)cc1CC1CCCCC1)C[C@H](CC(=O)O)O[Si](c1ccccc1)(c1ccccc1)C(C)(C)C. The van der Waals surface area contributed by atoms with Gasteiger partial charge < -0.3 is 14.1 Å². The number of aliphatic carboxylic acids is 1. The third kappa shape index (κ3) is 8.66. The Morgan fingerprint density at radius 3 is 2.07 bits per heavy atom. The Balaban J connectivity index is 1.75. The minimum atomic E-state index is -3.62. The number of carbonyl (C=O) groups is 1. The van der Waals surface area contributed by atoms with Gasteiger partial charge in [0.05, 0.1) is 18.7 Å². The summed E-state index contributed by atoms with van der Waals surface area (Å²) in [6.45, 7) is 10.6. The summed E-state index contributed by atoms with van der Waals surface area (Å²) in [6, 6.07) is 24.5. The fraction of sp³-hybridized carbons (Fsp3) is 0.447. The maximum Gasteiger partial charge on any atom is 0.305 e. The zero-order chi connectivity index (χ0) is 32.7. The summed E-state index contributed by atoms with van der Waals surface area (Å²) in [6.07, 6.45) is 5.96. The third-order valence-corrected chi connectivity index (χ3v) is 16.1. The summed E-state index contributed by atoms with van der Waals surface area (Å²) >= 11 is 0. The van der Waals surface area contributed by atoms with Gasteiger partial charge in [-0.3, -0.25) is 9.36 Å². The van der Waals surface area contributed by atoms with Crippen LogP contribution in [0.25, 0.3) is 0 Å². The second kappa shape index (κ2) is 15.1. The Kier molecular flexibility index (Phi) is 11.7. The van der Waals surface area contributed by atoms with Crippen LogP contribution >= 0.6 is 7.37 Å². The molecule has 4 rings (SSSR count). The second-order valence-electron chi connectivity index (χ2n) is 13.6. The third-order valence-electron chi connectivity index (χ3n) is 9.05. The van der Waals surface area contributed by atoms with E-state index in [1.54, 1.807) is 0 Å². The van der Waals surface area contributed by atoms with Gasteiger partial charge in [-0.25, -0.2) is 0 Å². The number of aryl methyl sites for hydroxylation is 2. The topological polar surface area (TPSA) is 72.8 Å². The van der Waals surface area contributed by atoms with Crippen molar-refractivity contribution in [1.29, 1.82) is 0 Å². The van der Waals surface area contributed by atoms with Gasteiger partial charge in [-0.05, 0) is 58.4 Å². The Labute approximate surface area is 271 Å². The van der Waals surface area contributed by atoms with Gasteiger partial charge in [-0.2, -0.15) is 0 Å². The van der Waals surface area contributed by atoms with Crippen LogP contribution in [-0.2, 0) is 24.7 Å². The van der Waals surface area contributed by atoms with Gasteiger partial charge in [0.25, 0.3) is 15.7 Å². The average molecular weight is 645 g/mol. The molecule has 0 heterocycles. The summed E-state index contributed by atoms with van der Waals surface area (Å²) < 4.78 is 27.2. The van der Waals surface area contributed by atoms with Crippen molar-refractivity contribution < 1.29 is 23.4 Å².